The smallest absolute Gasteiger partial charge is 0.275 e. The molecule has 0 atom stereocenters. The van der Waals surface area contributed by atoms with E-state index in [1.54, 1.807) is 59.6 Å². The van der Waals surface area contributed by atoms with Gasteiger partial charge in [-0.15, -0.1) is 0 Å². The van der Waals surface area contributed by atoms with Crippen LogP contribution in [-0.2, 0) is 6.54 Å². The number of Topliss-reactive ketones (excluding diaryl/α,β-unsaturated/α-hetero) is 1. The molecule has 2 aromatic heterocycles. The van der Waals surface area contributed by atoms with Crippen molar-refractivity contribution in [2.24, 2.45) is 0 Å². The van der Waals surface area contributed by atoms with E-state index in [9.17, 15) is 9.59 Å². The lowest BCUT2D eigenvalue weighted by atomic mass is 10.1. The molecule has 3 rings (SSSR count). The third kappa shape index (κ3) is 5.22. The van der Waals surface area contributed by atoms with E-state index >= 15 is 0 Å². The van der Waals surface area contributed by atoms with Crippen molar-refractivity contribution < 1.29 is 31.1 Å². The number of benzene rings is 1. The molecule has 1 amide bonds. The molecule has 3 aromatic rings. The summed E-state index contributed by atoms with van der Waals surface area (Å²) in [5, 5.41) is 0. The van der Waals surface area contributed by atoms with Gasteiger partial charge in [0.05, 0.1) is 0 Å². The number of pyridine rings is 2. The lowest BCUT2D eigenvalue weighted by Crippen LogP contribution is -3.00. The molecule has 132 valence electrons. The van der Waals surface area contributed by atoms with Crippen molar-refractivity contribution in [3.8, 4) is 0 Å². The van der Waals surface area contributed by atoms with Gasteiger partial charge in [0.1, 0.15) is 11.4 Å². The topological polar surface area (TPSA) is 75.0 Å². The minimum absolute atomic E-state index is 0. The number of hydrogen-bond acceptors (Lipinski definition) is 4. The van der Waals surface area contributed by atoms with Crippen LogP contribution >= 0.6 is 0 Å². The van der Waals surface area contributed by atoms with Crippen LogP contribution in [0, 0.1) is 0 Å². The number of ketones is 1. The lowest BCUT2D eigenvalue weighted by Gasteiger charge is -2.06. The van der Waals surface area contributed by atoms with E-state index < -0.39 is 0 Å². The van der Waals surface area contributed by atoms with E-state index in [1.165, 1.54) is 0 Å². The molecule has 0 unspecified atom stereocenters. The molecule has 6 nitrogen and oxygen atoms in total. The van der Waals surface area contributed by atoms with Crippen molar-refractivity contribution >= 4 is 17.5 Å². The normalized spacial score (nSPS) is 9.69. The SMILES string of the molecule is O=C(C[n+]1cccc(C(=O)NNc2ccccn2)c1)c1ccccc1.[Br-]. The van der Waals surface area contributed by atoms with E-state index in [-0.39, 0.29) is 35.2 Å². The number of halogens is 1. The minimum atomic E-state index is -0.313. The van der Waals surface area contributed by atoms with Crippen LogP contribution in [0.25, 0.3) is 0 Å². The molecule has 0 saturated carbocycles. The molecule has 2 heterocycles. The Morgan fingerprint density at radius 1 is 0.923 bits per heavy atom. The Kier molecular flexibility index (Phi) is 6.99. The van der Waals surface area contributed by atoms with E-state index in [0.29, 0.717) is 16.9 Å². The monoisotopic (exact) mass is 412 g/mol. The summed E-state index contributed by atoms with van der Waals surface area (Å²) in [7, 11) is 0. The highest BCUT2D eigenvalue weighted by molar-refractivity contribution is 5.95. The fraction of sp³-hybridized carbons (Fsp3) is 0.0526. The number of aromatic nitrogens is 2. The molecular weight excluding hydrogens is 396 g/mol. The Bertz CT molecular complexity index is 873. The summed E-state index contributed by atoms with van der Waals surface area (Å²) < 4.78 is 1.69. The van der Waals surface area contributed by atoms with Crippen molar-refractivity contribution in [2.75, 3.05) is 5.43 Å². The van der Waals surface area contributed by atoms with Gasteiger partial charge < -0.3 is 17.0 Å². The summed E-state index contributed by atoms with van der Waals surface area (Å²) in [6.45, 7) is 0.165. The van der Waals surface area contributed by atoms with Crippen molar-refractivity contribution in [3.05, 3.63) is 90.4 Å². The molecule has 0 aliphatic rings. The van der Waals surface area contributed by atoms with Gasteiger partial charge in [-0.25, -0.2) is 4.98 Å². The average Bonchev–Trinajstić information content (AvgIpc) is 2.68. The van der Waals surface area contributed by atoms with Crippen LogP contribution in [0.4, 0.5) is 5.82 Å². The van der Waals surface area contributed by atoms with Crippen LogP contribution in [0.2, 0.25) is 0 Å². The third-order valence-corrected chi connectivity index (χ3v) is 3.51. The molecule has 26 heavy (non-hydrogen) atoms. The van der Waals surface area contributed by atoms with Crippen LogP contribution in [0.15, 0.2) is 79.3 Å². The number of carbonyl (C=O) groups excluding carboxylic acids is 2. The molecule has 0 saturated heterocycles. The molecule has 0 aliphatic carbocycles. The molecule has 0 bridgehead atoms. The number of hydrazine groups is 1. The standard InChI is InChI=1S/C19H16N4O2.BrH/c24-17(15-7-2-1-3-8-15)14-23-12-6-9-16(13-23)19(25)22-21-18-10-4-5-11-20-18;/h1-13H,14H2,(H-,20,21,22,25);1H. The van der Waals surface area contributed by atoms with E-state index in [1.807, 2.05) is 24.3 Å². The van der Waals surface area contributed by atoms with Crippen LogP contribution in [0.3, 0.4) is 0 Å². The fourth-order valence-corrected chi connectivity index (χ4v) is 2.27. The van der Waals surface area contributed by atoms with Crippen molar-refractivity contribution in [3.63, 3.8) is 0 Å². The molecular formula is C19H17BrN4O2. The second kappa shape index (κ2) is 9.43. The number of rotatable bonds is 6. The number of nitrogens with zero attached hydrogens (tertiary/aromatic N) is 2. The minimum Gasteiger partial charge on any atom is -1.00 e. The quantitative estimate of drug-likeness (QED) is 0.309. The summed E-state index contributed by atoms with van der Waals surface area (Å²) in [5.74, 6) is 0.209. The molecule has 0 aliphatic heterocycles. The van der Waals surface area contributed by atoms with Gasteiger partial charge in [-0.05, 0) is 18.2 Å². The van der Waals surface area contributed by atoms with Crippen molar-refractivity contribution in [1.29, 1.82) is 0 Å². The van der Waals surface area contributed by atoms with E-state index in [2.05, 4.69) is 15.8 Å². The maximum atomic E-state index is 12.3. The zero-order chi connectivity index (χ0) is 17.5. The first-order valence-corrected chi connectivity index (χ1v) is 7.77. The van der Waals surface area contributed by atoms with Gasteiger partial charge in [0.25, 0.3) is 5.91 Å². The summed E-state index contributed by atoms with van der Waals surface area (Å²) >= 11 is 0. The number of nitrogens with one attached hydrogen (secondary N) is 2. The van der Waals surface area contributed by atoms with Gasteiger partial charge in [0.15, 0.2) is 12.4 Å². The van der Waals surface area contributed by atoms with Gasteiger partial charge in [0.2, 0.25) is 12.3 Å². The van der Waals surface area contributed by atoms with Crippen molar-refractivity contribution in [1.82, 2.24) is 10.4 Å². The summed E-state index contributed by atoms with van der Waals surface area (Å²) in [6, 6.07) is 17.8. The van der Waals surface area contributed by atoms with Crippen LogP contribution in [0.1, 0.15) is 20.7 Å². The highest BCUT2D eigenvalue weighted by Gasteiger charge is 2.15. The van der Waals surface area contributed by atoms with Gasteiger partial charge in [-0.1, -0.05) is 36.4 Å². The average molecular weight is 413 g/mol. The number of amides is 1. The largest absolute Gasteiger partial charge is 1.00 e. The van der Waals surface area contributed by atoms with E-state index in [0.717, 1.165) is 0 Å². The second-order valence-corrected chi connectivity index (χ2v) is 5.35. The maximum Gasteiger partial charge on any atom is 0.275 e. The molecule has 1 aromatic carbocycles. The number of hydrogen-bond donors (Lipinski definition) is 2. The highest BCUT2D eigenvalue weighted by atomic mass is 79.9. The Labute approximate surface area is 161 Å². The zero-order valence-electron chi connectivity index (χ0n) is 13.8. The Hall–Kier alpha value is -3.06. The van der Waals surface area contributed by atoms with Crippen LogP contribution in [0.5, 0.6) is 0 Å². The predicted molar refractivity (Wildman–Crippen MR) is 92.7 cm³/mol. The number of carbonyl (C=O) groups is 2. The lowest BCUT2D eigenvalue weighted by molar-refractivity contribution is -0.683. The maximum absolute atomic E-state index is 12.3. The molecule has 0 spiro atoms. The Balaban J connectivity index is 0.00000243. The number of anilines is 1. The van der Waals surface area contributed by atoms with Gasteiger partial charge >= 0.3 is 0 Å². The Morgan fingerprint density at radius 3 is 2.38 bits per heavy atom. The van der Waals surface area contributed by atoms with Crippen LogP contribution < -0.4 is 32.4 Å². The zero-order valence-corrected chi connectivity index (χ0v) is 15.4. The summed E-state index contributed by atoms with van der Waals surface area (Å²) in [4.78, 5) is 28.5. The van der Waals surface area contributed by atoms with Crippen molar-refractivity contribution in [2.45, 2.75) is 6.54 Å². The first-order chi connectivity index (χ1) is 12.2. The first-order valence-electron chi connectivity index (χ1n) is 7.77. The van der Waals surface area contributed by atoms with Crippen LogP contribution in [-0.4, -0.2) is 16.7 Å². The van der Waals surface area contributed by atoms with Gasteiger partial charge in [-0.2, -0.15) is 4.57 Å². The molecule has 7 heteroatoms. The summed E-state index contributed by atoms with van der Waals surface area (Å²) in [6.07, 6.45) is 5.01. The predicted octanol–water partition coefficient (Wildman–Crippen LogP) is -0.987. The summed E-state index contributed by atoms with van der Waals surface area (Å²) in [5.41, 5.74) is 6.40. The highest BCUT2D eigenvalue weighted by Crippen LogP contribution is 2.01. The molecule has 2 N–H and O–H groups in total. The first kappa shape index (κ1) is 19.3. The fourth-order valence-electron chi connectivity index (χ4n) is 2.27. The second-order valence-electron chi connectivity index (χ2n) is 5.35. The third-order valence-electron chi connectivity index (χ3n) is 3.51. The Morgan fingerprint density at radius 2 is 1.65 bits per heavy atom. The molecule has 0 fully saturated rings. The van der Waals surface area contributed by atoms with E-state index in [4.69, 9.17) is 0 Å². The molecule has 0 radical (unpaired) electrons. The van der Waals surface area contributed by atoms with Gasteiger partial charge in [0, 0.05) is 17.8 Å². The van der Waals surface area contributed by atoms with Gasteiger partial charge in [-0.3, -0.25) is 20.4 Å².